The molecule has 2 heterocycles. The number of likely N-dealkylation sites (N-methyl/N-ethyl adjacent to an activating group) is 1. The molecule has 0 aromatic carbocycles. The van der Waals surface area contributed by atoms with Crippen molar-refractivity contribution in [1.82, 2.24) is 8.61 Å². The number of hydrogen-bond donors (Lipinski definition) is 1. The molecule has 0 radical (unpaired) electrons. The van der Waals surface area contributed by atoms with Crippen LogP contribution in [0.5, 0.6) is 0 Å². The molecule has 1 fully saturated rings. The Bertz CT molecular complexity index is 522. The van der Waals surface area contributed by atoms with Gasteiger partial charge in [-0.3, -0.25) is 0 Å². The van der Waals surface area contributed by atoms with Gasteiger partial charge in [-0.05, 0) is 43.6 Å². The lowest BCUT2D eigenvalue weighted by Gasteiger charge is -2.35. The van der Waals surface area contributed by atoms with E-state index in [-0.39, 0.29) is 18.6 Å². The lowest BCUT2D eigenvalue weighted by Crippen LogP contribution is -2.49. The van der Waals surface area contributed by atoms with E-state index in [0.717, 1.165) is 19.3 Å². The zero-order valence-electron chi connectivity index (χ0n) is 12.6. The van der Waals surface area contributed by atoms with Crippen LogP contribution in [-0.2, 0) is 16.6 Å². The fourth-order valence-corrected chi connectivity index (χ4v) is 4.97. The van der Waals surface area contributed by atoms with Crippen molar-refractivity contribution >= 4 is 21.5 Å². The molecule has 0 aliphatic carbocycles. The first kappa shape index (κ1) is 16.9. The highest BCUT2D eigenvalue weighted by Crippen LogP contribution is 2.22. The third kappa shape index (κ3) is 4.04. The SMILES string of the molecule is CC(Cc1cccs1)N(C)S(=O)(=O)N1CCC(CO)CC1. The van der Waals surface area contributed by atoms with Crippen LogP contribution < -0.4 is 0 Å². The van der Waals surface area contributed by atoms with E-state index in [4.69, 9.17) is 5.11 Å². The summed E-state index contributed by atoms with van der Waals surface area (Å²) in [5.41, 5.74) is 0. The molecule has 0 bridgehead atoms. The minimum atomic E-state index is -3.41. The van der Waals surface area contributed by atoms with Crippen LogP contribution in [0.1, 0.15) is 24.6 Å². The van der Waals surface area contributed by atoms with Gasteiger partial charge in [0.15, 0.2) is 0 Å². The predicted octanol–water partition coefficient (Wildman–Crippen LogP) is 1.56. The summed E-state index contributed by atoms with van der Waals surface area (Å²) in [6.45, 7) is 3.10. The molecule has 2 rings (SSSR count). The van der Waals surface area contributed by atoms with Crippen molar-refractivity contribution in [2.45, 2.75) is 32.2 Å². The Hall–Kier alpha value is -0.470. The summed E-state index contributed by atoms with van der Waals surface area (Å²) in [7, 11) is -1.75. The van der Waals surface area contributed by atoms with Crippen molar-refractivity contribution in [2.75, 3.05) is 26.7 Å². The van der Waals surface area contributed by atoms with E-state index in [2.05, 4.69) is 0 Å². The molecule has 1 saturated heterocycles. The fourth-order valence-electron chi connectivity index (χ4n) is 2.58. The summed E-state index contributed by atoms with van der Waals surface area (Å²) in [6.07, 6.45) is 2.21. The molecular weight excluding hydrogens is 308 g/mol. The Balaban J connectivity index is 1.98. The zero-order chi connectivity index (χ0) is 15.5. The lowest BCUT2D eigenvalue weighted by atomic mass is 10.00. The van der Waals surface area contributed by atoms with Gasteiger partial charge < -0.3 is 5.11 Å². The summed E-state index contributed by atoms with van der Waals surface area (Å²) in [4.78, 5) is 1.20. The Morgan fingerprint density at radius 1 is 1.48 bits per heavy atom. The van der Waals surface area contributed by atoms with E-state index in [0.29, 0.717) is 13.1 Å². The van der Waals surface area contributed by atoms with Crippen molar-refractivity contribution in [3.8, 4) is 0 Å². The van der Waals surface area contributed by atoms with Crippen molar-refractivity contribution in [3.63, 3.8) is 0 Å². The number of hydrogen-bond acceptors (Lipinski definition) is 4. The van der Waals surface area contributed by atoms with Crippen LogP contribution in [-0.4, -0.2) is 54.9 Å². The van der Waals surface area contributed by atoms with Gasteiger partial charge in [0.1, 0.15) is 0 Å². The fraction of sp³-hybridized carbons (Fsp3) is 0.714. The number of aliphatic hydroxyl groups is 1. The summed E-state index contributed by atoms with van der Waals surface area (Å²) < 4.78 is 28.3. The Kier molecular flexibility index (Phi) is 5.79. The molecule has 1 aromatic rings. The van der Waals surface area contributed by atoms with Gasteiger partial charge in [-0.1, -0.05) is 6.07 Å². The van der Waals surface area contributed by atoms with Crippen molar-refractivity contribution in [2.24, 2.45) is 5.92 Å². The van der Waals surface area contributed by atoms with Crippen molar-refractivity contribution < 1.29 is 13.5 Å². The van der Waals surface area contributed by atoms with Gasteiger partial charge in [0.25, 0.3) is 10.2 Å². The minimum absolute atomic E-state index is 0.0655. The van der Waals surface area contributed by atoms with Gasteiger partial charge in [0.05, 0.1) is 0 Å². The molecule has 7 heteroatoms. The largest absolute Gasteiger partial charge is 0.396 e. The average Bonchev–Trinajstić information content (AvgIpc) is 2.99. The Morgan fingerprint density at radius 2 is 2.14 bits per heavy atom. The number of thiophene rings is 1. The highest BCUT2D eigenvalue weighted by Gasteiger charge is 2.33. The molecule has 0 spiro atoms. The van der Waals surface area contributed by atoms with E-state index in [1.165, 1.54) is 9.18 Å². The van der Waals surface area contributed by atoms with Crippen molar-refractivity contribution in [1.29, 1.82) is 0 Å². The van der Waals surface area contributed by atoms with Gasteiger partial charge in [0.2, 0.25) is 0 Å². The average molecular weight is 332 g/mol. The van der Waals surface area contributed by atoms with Crippen LogP contribution >= 0.6 is 11.3 Å². The zero-order valence-corrected chi connectivity index (χ0v) is 14.2. The Labute approximate surface area is 131 Å². The summed E-state index contributed by atoms with van der Waals surface area (Å²) in [6, 6.07) is 3.96. The van der Waals surface area contributed by atoms with E-state index in [9.17, 15) is 8.42 Å². The minimum Gasteiger partial charge on any atom is -0.396 e. The standard InChI is InChI=1S/C14H24N2O3S2/c1-12(10-14-4-3-9-20-14)15(2)21(18,19)16-7-5-13(11-17)6-8-16/h3-4,9,12-13,17H,5-8,10-11H2,1-2H3. The highest BCUT2D eigenvalue weighted by molar-refractivity contribution is 7.86. The molecule has 1 aliphatic heterocycles. The molecule has 0 amide bonds. The lowest BCUT2D eigenvalue weighted by molar-refractivity contribution is 0.165. The maximum Gasteiger partial charge on any atom is 0.281 e. The first-order valence-electron chi connectivity index (χ1n) is 7.31. The van der Waals surface area contributed by atoms with Gasteiger partial charge in [-0.15, -0.1) is 11.3 Å². The summed E-state index contributed by atoms with van der Waals surface area (Å²) in [5, 5.41) is 11.2. The molecule has 1 aliphatic rings. The van der Waals surface area contributed by atoms with Crippen molar-refractivity contribution in [3.05, 3.63) is 22.4 Å². The molecular formula is C14H24N2O3S2. The number of rotatable bonds is 6. The third-order valence-corrected chi connectivity index (χ3v) is 7.22. The van der Waals surface area contributed by atoms with Crippen LogP contribution in [0.2, 0.25) is 0 Å². The molecule has 1 N–H and O–H groups in total. The van der Waals surface area contributed by atoms with Gasteiger partial charge in [-0.2, -0.15) is 17.0 Å². The molecule has 0 saturated carbocycles. The summed E-state index contributed by atoms with van der Waals surface area (Å²) >= 11 is 1.66. The maximum atomic E-state index is 12.6. The van der Waals surface area contributed by atoms with E-state index in [1.807, 2.05) is 24.4 Å². The predicted molar refractivity (Wildman–Crippen MR) is 85.6 cm³/mol. The van der Waals surface area contributed by atoms with Gasteiger partial charge in [0, 0.05) is 37.7 Å². The second-order valence-corrected chi connectivity index (χ2v) is 8.70. The van der Waals surface area contributed by atoms with Crippen LogP contribution in [0.3, 0.4) is 0 Å². The number of piperidine rings is 1. The maximum absolute atomic E-state index is 12.6. The van der Waals surface area contributed by atoms with E-state index >= 15 is 0 Å². The van der Waals surface area contributed by atoms with E-state index < -0.39 is 10.2 Å². The second-order valence-electron chi connectivity index (χ2n) is 5.68. The molecule has 21 heavy (non-hydrogen) atoms. The first-order valence-corrected chi connectivity index (χ1v) is 9.59. The molecule has 1 unspecified atom stereocenters. The topological polar surface area (TPSA) is 60.9 Å². The van der Waals surface area contributed by atoms with Crippen LogP contribution in [0, 0.1) is 5.92 Å². The molecule has 1 atom stereocenters. The number of nitrogens with zero attached hydrogens (tertiary/aromatic N) is 2. The molecule has 5 nitrogen and oxygen atoms in total. The monoisotopic (exact) mass is 332 g/mol. The Morgan fingerprint density at radius 3 is 2.67 bits per heavy atom. The smallest absolute Gasteiger partial charge is 0.281 e. The van der Waals surface area contributed by atoms with Gasteiger partial charge >= 0.3 is 0 Å². The molecule has 120 valence electrons. The van der Waals surface area contributed by atoms with E-state index in [1.54, 1.807) is 22.7 Å². The van der Waals surface area contributed by atoms with Crippen LogP contribution in [0.25, 0.3) is 0 Å². The van der Waals surface area contributed by atoms with Crippen LogP contribution in [0.15, 0.2) is 17.5 Å². The summed E-state index contributed by atoms with van der Waals surface area (Å²) in [5.74, 6) is 0.241. The molecule has 1 aromatic heterocycles. The van der Waals surface area contributed by atoms with Crippen LogP contribution in [0.4, 0.5) is 0 Å². The third-order valence-electron chi connectivity index (χ3n) is 4.22. The highest BCUT2D eigenvalue weighted by atomic mass is 32.2. The first-order chi connectivity index (χ1) is 9.95. The normalized spacial score (nSPS) is 20.0. The van der Waals surface area contributed by atoms with Gasteiger partial charge in [-0.25, -0.2) is 0 Å². The quantitative estimate of drug-likeness (QED) is 0.860. The second kappa shape index (κ2) is 7.19. The number of aliphatic hydroxyl groups excluding tert-OH is 1.